The van der Waals surface area contributed by atoms with Gasteiger partial charge < -0.3 is 9.47 Å². The monoisotopic (exact) mass is 549 g/mol. The first-order valence-corrected chi connectivity index (χ1v) is 14.0. The van der Waals surface area contributed by atoms with E-state index in [-0.39, 0.29) is 5.56 Å². The van der Waals surface area contributed by atoms with Crippen molar-refractivity contribution in [2.24, 2.45) is 0 Å². The molecule has 3 aromatic heterocycles. The predicted molar refractivity (Wildman–Crippen MR) is 157 cm³/mol. The normalized spacial score (nSPS) is 11.8. The number of hydrogen-bond acceptors (Lipinski definition) is 7. The van der Waals surface area contributed by atoms with E-state index in [1.807, 2.05) is 103 Å². The molecular weight excluding hydrogens is 522 g/mol. The summed E-state index contributed by atoms with van der Waals surface area (Å²) in [5, 5.41) is 9.38. The molecule has 200 valence electrons. The highest BCUT2D eigenvalue weighted by Gasteiger charge is 2.15. The van der Waals surface area contributed by atoms with Gasteiger partial charge in [-0.3, -0.25) is 4.79 Å². The fourth-order valence-electron chi connectivity index (χ4n) is 4.32. The molecule has 0 aliphatic carbocycles. The van der Waals surface area contributed by atoms with E-state index in [9.17, 15) is 4.79 Å². The van der Waals surface area contributed by atoms with Crippen molar-refractivity contribution in [2.45, 2.75) is 20.3 Å². The zero-order valence-electron chi connectivity index (χ0n) is 22.2. The third-order valence-corrected chi connectivity index (χ3v) is 7.22. The van der Waals surface area contributed by atoms with Gasteiger partial charge in [-0.15, -0.1) is 5.10 Å². The molecule has 0 aliphatic heterocycles. The molecule has 40 heavy (non-hydrogen) atoms. The Balaban J connectivity index is 1.39. The van der Waals surface area contributed by atoms with Crippen LogP contribution in [-0.4, -0.2) is 37.6 Å². The molecule has 0 radical (unpaired) electrons. The van der Waals surface area contributed by atoms with Crippen LogP contribution >= 0.6 is 11.3 Å². The summed E-state index contributed by atoms with van der Waals surface area (Å²) in [5.41, 5.74) is 4.04. The van der Waals surface area contributed by atoms with E-state index in [0.717, 1.165) is 46.0 Å². The molecule has 0 spiro atoms. The summed E-state index contributed by atoms with van der Waals surface area (Å²) in [4.78, 5) is 18.5. The Morgan fingerprint density at radius 3 is 2.23 bits per heavy atom. The number of thiazole rings is 1. The first-order chi connectivity index (χ1) is 19.6. The van der Waals surface area contributed by atoms with Crippen LogP contribution in [0.5, 0.6) is 11.5 Å². The summed E-state index contributed by atoms with van der Waals surface area (Å²) in [7, 11) is 0. The van der Waals surface area contributed by atoms with Crippen LogP contribution in [0.1, 0.15) is 25.8 Å². The van der Waals surface area contributed by atoms with Crippen LogP contribution in [0.3, 0.4) is 0 Å². The van der Waals surface area contributed by atoms with Gasteiger partial charge >= 0.3 is 0 Å². The maximum Gasteiger partial charge on any atom is 0.291 e. The Labute approximate surface area is 234 Å². The summed E-state index contributed by atoms with van der Waals surface area (Å²) < 4.78 is 15.0. The first-order valence-electron chi connectivity index (χ1n) is 13.2. The lowest BCUT2D eigenvalue weighted by atomic mass is 10.1. The van der Waals surface area contributed by atoms with Gasteiger partial charge in [-0.05, 0) is 80.1 Å². The van der Waals surface area contributed by atoms with Crippen molar-refractivity contribution < 1.29 is 9.47 Å². The van der Waals surface area contributed by atoms with E-state index in [4.69, 9.17) is 14.6 Å². The van der Waals surface area contributed by atoms with Crippen LogP contribution < -0.4 is 19.6 Å². The van der Waals surface area contributed by atoms with Gasteiger partial charge in [0.1, 0.15) is 17.2 Å². The molecule has 8 nitrogen and oxygen atoms in total. The Morgan fingerprint density at radius 1 is 0.850 bits per heavy atom. The van der Waals surface area contributed by atoms with Gasteiger partial charge in [0, 0.05) is 22.9 Å². The highest BCUT2D eigenvalue weighted by Crippen LogP contribution is 2.27. The lowest BCUT2D eigenvalue weighted by Gasteiger charge is -2.05. The topological polar surface area (TPSA) is 83.5 Å². The van der Waals surface area contributed by atoms with E-state index in [0.29, 0.717) is 28.5 Å². The lowest BCUT2D eigenvalue weighted by Crippen LogP contribution is -2.23. The van der Waals surface area contributed by atoms with Crippen LogP contribution in [0, 0.1) is 0 Å². The van der Waals surface area contributed by atoms with Gasteiger partial charge in [0.2, 0.25) is 4.96 Å². The number of ether oxygens (including phenoxy) is 2. The molecule has 0 N–H and O–H groups in total. The largest absolute Gasteiger partial charge is 0.494 e. The molecule has 0 aliphatic rings. The fourth-order valence-corrected chi connectivity index (χ4v) is 5.22. The fraction of sp³-hybridized carbons (Fsp3) is 0.161. The van der Waals surface area contributed by atoms with Gasteiger partial charge in [0.15, 0.2) is 5.82 Å². The number of fused-ring (bicyclic) bond motifs is 1. The maximum atomic E-state index is 13.4. The molecule has 3 aromatic carbocycles. The minimum atomic E-state index is -0.216. The average molecular weight is 550 g/mol. The number of nitrogens with zero attached hydrogens (tertiary/aromatic N) is 5. The zero-order chi connectivity index (χ0) is 27.5. The maximum absolute atomic E-state index is 13.4. The van der Waals surface area contributed by atoms with Crippen molar-refractivity contribution in [1.82, 2.24) is 24.4 Å². The van der Waals surface area contributed by atoms with Crippen molar-refractivity contribution in [3.05, 3.63) is 106 Å². The average Bonchev–Trinajstić information content (AvgIpc) is 3.68. The van der Waals surface area contributed by atoms with Crippen molar-refractivity contribution in [3.63, 3.8) is 0 Å². The zero-order valence-corrected chi connectivity index (χ0v) is 23.0. The Morgan fingerprint density at radius 2 is 1.55 bits per heavy atom. The molecule has 6 aromatic rings. The van der Waals surface area contributed by atoms with Crippen LogP contribution in [0.15, 0.2) is 89.9 Å². The second-order valence-corrected chi connectivity index (χ2v) is 10.1. The molecule has 0 bridgehead atoms. The molecule has 0 fully saturated rings. The molecule has 0 atom stereocenters. The Hall–Kier alpha value is -4.76. The molecule has 0 saturated heterocycles. The van der Waals surface area contributed by atoms with Crippen LogP contribution in [-0.2, 0) is 0 Å². The highest BCUT2D eigenvalue weighted by molar-refractivity contribution is 7.15. The minimum absolute atomic E-state index is 0.216. The second-order valence-electron chi connectivity index (χ2n) is 9.09. The number of benzene rings is 3. The summed E-state index contributed by atoms with van der Waals surface area (Å²) in [6.07, 6.45) is 4.75. The molecule has 3 heterocycles. The second kappa shape index (κ2) is 11.2. The summed E-state index contributed by atoms with van der Waals surface area (Å²) in [6.45, 7) is 5.29. The Bertz CT molecular complexity index is 1860. The third kappa shape index (κ3) is 5.11. The molecule has 0 amide bonds. The van der Waals surface area contributed by atoms with E-state index in [1.54, 1.807) is 0 Å². The summed E-state index contributed by atoms with van der Waals surface area (Å²) >= 11 is 1.31. The van der Waals surface area contributed by atoms with Gasteiger partial charge in [-0.2, -0.15) is 14.6 Å². The van der Waals surface area contributed by atoms with E-state index >= 15 is 0 Å². The third-order valence-electron chi connectivity index (χ3n) is 6.26. The van der Waals surface area contributed by atoms with E-state index in [1.165, 1.54) is 15.9 Å². The summed E-state index contributed by atoms with van der Waals surface area (Å²) in [5.74, 6) is 2.10. The SMILES string of the molecule is CCCOc1ccc(-c2nn(-c3ccccc3)cc2/C=c2\sc3nc(-c4ccc(OCC)cc4)nn3c2=O)cc1. The number of hydrogen-bond donors (Lipinski definition) is 0. The van der Waals surface area contributed by atoms with Crippen molar-refractivity contribution in [3.8, 4) is 39.8 Å². The lowest BCUT2D eigenvalue weighted by molar-refractivity contribution is 0.317. The molecule has 0 saturated carbocycles. The number of rotatable bonds is 9. The van der Waals surface area contributed by atoms with Crippen LogP contribution in [0.4, 0.5) is 0 Å². The number of para-hydroxylation sites is 1. The van der Waals surface area contributed by atoms with Gasteiger partial charge in [-0.25, -0.2) is 4.68 Å². The van der Waals surface area contributed by atoms with Crippen molar-refractivity contribution >= 4 is 22.4 Å². The highest BCUT2D eigenvalue weighted by atomic mass is 32.1. The molecule has 9 heteroatoms. The molecule has 6 rings (SSSR count). The smallest absolute Gasteiger partial charge is 0.291 e. The standard InChI is InChI=1S/C31H27N5O3S/c1-3-18-39-26-14-10-21(11-15-26)28-23(20-35(33-28)24-8-6-5-7-9-24)19-27-30(37)36-31(40-27)32-29(34-36)22-12-16-25(17-13-22)38-4-2/h5-17,19-20H,3-4,18H2,1-2H3/b27-19-. The first kappa shape index (κ1) is 25.5. The van der Waals surface area contributed by atoms with Gasteiger partial charge in [0.25, 0.3) is 5.56 Å². The van der Waals surface area contributed by atoms with E-state index < -0.39 is 0 Å². The molecule has 0 unspecified atom stereocenters. The van der Waals surface area contributed by atoms with E-state index in [2.05, 4.69) is 17.0 Å². The predicted octanol–water partition coefficient (Wildman–Crippen LogP) is 5.41. The van der Waals surface area contributed by atoms with Crippen LogP contribution in [0.25, 0.3) is 39.4 Å². The molecular formula is C31H27N5O3S. The number of aromatic nitrogens is 5. The van der Waals surface area contributed by atoms with Crippen LogP contribution in [0.2, 0.25) is 0 Å². The van der Waals surface area contributed by atoms with Crippen molar-refractivity contribution in [2.75, 3.05) is 13.2 Å². The Kier molecular flexibility index (Phi) is 7.11. The summed E-state index contributed by atoms with van der Waals surface area (Å²) in [6, 6.07) is 25.3. The quantitative estimate of drug-likeness (QED) is 0.240. The minimum Gasteiger partial charge on any atom is -0.494 e. The van der Waals surface area contributed by atoms with Crippen molar-refractivity contribution in [1.29, 1.82) is 0 Å². The van der Waals surface area contributed by atoms with Gasteiger partial charge in [-0.1, -0.05) is 36.5 Å². The van der Waals surface area contributed by atoms with Gasteiger partial charge in [0.05, 0.1) is 23.4 Å².